The highest BCUT2D eigenvalue weighted by atomic mass is 16.5. The molecule has 0 fully saturated rings. The first kappa shape index (κ1) is 17.8. The van der Waals surface area contributed by atoms with Crippen LogP contribution in [0.5, 0.6) is 11.5 Å². The Balaban J connectivity index is 1.52. The SMILES string of the molecule is O=C1COc2ccc(OC(=O)CC(c3ccccc3)c3ccccc3)cc2N1. The van der Waals surface area contributed by atoms with Gasteiger partial charge in [0.1, 0.15) is 11.5 Å². The fourth-order valence-corrected chi connectivity index (χ4v) is 3.26. The highest BCUT2D eigenvalue weighted by Crippen LogP contribution is 2.33. The van der Waals surface area contributed by atoms with Crippen LogP contribution in [0.1, 0.15) is 23.5 Å². The highest BCUT2D eigenvalue weighted by Gasteiger charge is 2.21. The molecular weight excluding hydrogens is 354 g/mol. The maximum atomic E-state index is 12.7. The van der Waals surface area contributed by atoms with Crippen LogP contribution in [0, 0.1) is 0 Å². The van der Waals surface area contributed by atoms with Crippen LogP contribution in [0.2, 0.25) is 0 Å². The molecule has 0 aliphatic carbocycles. The van der Waals surface area contributed by atoms with E-state index in [2.05, 4.69) is 5.32 Å². The van der Waals surface area contributed by atoms with Crippen molar-refractivity contribution in [1.82, 2.24) is 0 Å². The minimum absolute atomic E-state index is 0.0119. The van der Waals surface area contributed by atoms with Crippen LogP contribution in [0.15, 0.2) is 78.9 Å². The first-order valence-electron chi connectivity index (χ1n) is 9.06. The van der Waals surface area contributed by atoms with Crippen LogP contribution in [0.3, 0.4) is 0 Å². The fraction of sp³-hybridized carbons (Fsp3) is 0.130. The Kier molecular flexibility index (Phi) is 5.06. The van der Waals surface area contributed by atoms with Crippen molar-refractivity contribution in [3.8, 4) is 11.5 Å². The second kappa shape index (κ2) is 7.96. The first-order valence-corrected chi connectivity index (χ1v) is 9.06. The first-order chi connectivity index (χ1) is 13.7. The lowest BCUT2D eigenvalue weighted by atomic mass is 9.89. The lowest BCUT2D eigenvalue weighted by molar-refractivity contribution is -0.134. The number of carbonyl (C=O) groups excluding carboxylic acids is 2. The average molecular weight is 373 g/mol. The zero-order chi connectivity index (χ0) is 19.3. The van der Waals surface area contributed by atoms with Crippen molar-refractivity contribution in [1.29, 1.82) is 0 Å². The molecule has 0 saturated heterocycles. The molecule has 5 heteroatoms. The molecule has 0 radical (unpaired) electrons. The fourth-order valence-electron chi connectivity index (χ4n) is 3.26. The molecule has 1 N–H and O–H groups in total. The van der Waals surface area contributed by atoms with Crippen LogP contribution >= 0.6 is 0 Å². The highest BCUT2D eigenvalue weighted by molar-refractivity contribution is 5.95. The van der Waals surface area contributed by atoms with Crippen molar-refractivity contribution >= 4 is 17.6 Å². The maximum absolute atomic E-state index is 12.7. The van der Waals surface area contributed by atoms with Gasteiger partial charge in [0.15, 0.2) is 6.61 Å². The normalized spacial score (nSPS) is 12.7. The Hall–Kier alpha value is -3.60. The van der Waals surface area contributed by atoms with Crippen molar-refractivity contribution in [3.05, 3.63) is 90.0 Å². The van der Waals surface area contributed by atoms with Gasteiger partial charge in [-0.3, -0.25) is 9.59 Å². The van der Waals surface area contributed by atoms with Gasteiger partial charge in [0, 0.05) is 12.0 Å². The summed E-state index contributed by atoms with van der Waals surface area (Å²) in [5.74, 6) is 0.251. The third kappa shape index (κ3) is 4.04. The van der Waals surface area contributed by atoms with Gasteiger partial charge in [0.25, 0.3) is 5.91 Å². The number of fused-ring (bicyclic) bond motifs is 1. The molecule has 1 heterocycles. The summed E-state index contributed by atoms with van der Waals surface area (Å²) in [7, 11) is 0. The summed E-state index contributed by atoms with van der Waals surface area (Å²) in [4.78, 5) is 24.1. The lowest BCUT2D eigenvalue weighted by Gasteiger charge is -2.19. The molecule has 5 nitrogen and oxygen atoms in total. The number of nitrogens with one attached hydrogen (secondary N) is 1. The molecule has 1 aliphatic rings. The third-order valence-electron chi connectivity index (χ3n) is 4.59. The predicted molar refractivity (Wildman–Crippen MR) is 106 cm³/mol. The van der Waals surface area contributed by atoms with Crippen molar-refractivity contribution in [2.75, 3.05) is 11.9 Å². The van der Waals surface area contributed by atoms with Crippen molar-refractivity contribution in [3.63, 3.8) is 0 Å². The monoisotopic (exact) mass is 373 g/mol. The van der Waals surface area contributed by atoms with E-state index in [0.717, 1.165) is 11.1 Å². The quantitative estimate of drug-likeness (QED) is 0.539. The second-order valence-electron chi connectivity index (χ2n) is 6.55. The Labute approximate surface area is 162 Å². The molecular formula is C23H19NO4. The third-order valence-corrected chi connectivity index (χ3v) is 4.59. The molecule has 0 unspecified atom stereocenters. The van der Waals surface area contributed by atoms with Crippen LogP contribution in [-0.2, 0) is 9.59 Å². The number of amides is 1. The number of hydrogen-bond donors (Lipinski definition) is 1. The summed E-state index contributed by atoms with van der Waals surface area (Å²) >= 11 is 0. The number of rotatable bonds is 5. The van der Waals surface area contributed by atoms with E-state index in [9.17, 15) is 9.59 Å². The lowest BCUT2D eigenvalue weighted by Crippen LogP contribution is -2.25. The van der Waals surface area contributed by atoms with Gasteiger partial charge >= 0.3 is 5.97 Å². The molecule has 1 amide bonds. The topological polar surface area (TPSA) is 64.6 Å². The van der Waals surface area contributed by atoms with Gasteiger partial charge in [0.05, 0.1) is 12.1 Å². The van der Waals surface area contributed by atoms with E-state index in [4.69, 9.17) is 9.47 Å². The summed E-state index contributed by atoms with van der Waals surface area (Å²) in [5, 5.41) is 2.71. The standard InChI is InChI=1S/C23H19NO4/c25-22-15-27-21-12-11-18(13-20(21)24-22)28-23(26)14-19(16-7-3-1-4-8-16)17-9-5-2-6-10-17/h1-13,19H,14-15H2,(H,24,25). The summed E-state index contributed by atoms with van der Waals surface area (Å²) in [5.41, 5.74) is 2.61. The maximum Gasteiger partial charge on any atom is 0.312 e. The molecule has 0 bridgehead atoms. The van der Waals surface area contributed by atoms with Gasteiger partial charge in [-0.15, -0.1) is 0 Å². The molecule has 0 aromatic heterocycles. The zero-order valence-corrected chi connectivity index (χ0v) is 15.1. The smallest absolute Gasteiger partial charge is 0.312 e. The van der Waals surface area contributed by atoms with Crippen molar-refractivity contribution < 1.29 is 19.1 Å². The Morgan fingerprint density at radius 1 is 0.964 bits per heavy atom. The molecule has 28 heavy (non-hydrogen) atoms. The predicted octanol–water partition coefficient (Wildman–Crippen LogP) is 4.15. The number of benzene rings is 3. The Morgan fingerprint density at radius 3 is 2.25 bits per heavy atom. The Morgan fingerprint density at radius 2 is 1.61 bits per heavy atom. The van der Waals surface area contributed by atoms with E-state index >= 15 is 0 Å². The molecule has 0 saturated carbocycles. The average Bonchev–Trinajstić information content (AvgIpc) is 2.73. The molecule has 0 spiro atoms. The van der Waals surface area contributed by atoms with Crippen LogP contribution in [0.4, 0.5) is 5.69 Å². The van der Waals surface area contributed by atoms with Gasteiger partial charge in [-0.1, -0.05) is 60.7 Å². The van der Waals surface area contributed by atoms with Gasteiger partial charge < -0.3 is 14.8 Å². The molecule has 3 aromatic carbocycles. The summed E-state index contributed by atoms with van der Waals surface area (Å²) < 4.78 is 10.9. The van der Waals surface area contributed by atoms with Crippen molar-refractivity contribution in [2.45, 2.75) is 12.3 Å². The number of hydrogen-bond acceptors (Lipinski definition) is 4. The largest absolute Gasteiger partial charge is 0.482 e. The Bertz CT molecular complexity index is 946. The van der Waals surface area contributed by atoms with Crippen LogP contribution in [0.25, 0.3) is 0 Å². The second-order valence-corrected chi connectivity index (χ2v) is 6.55. The zero-order valence-electron chi connectivity index (χ0n) is 15.1. The van der Waals surface area contributed by atoms with E-state index in [1.165, 1.54) is 0 Å². The number of esters is 1. The number of ether oxygens (including phenoxy) is 2. The molecule has 140 valence electrons. The summed E-state index contributed by atoms with van der Waals surface area (Å²) in [6.45, 7) is -0.0119. The van der Waals surface area contributed by atoms with E-state index in [0.29, 0.717) is 17.2 Å². The minimum Gasteiger partial charge on any atom is -0.482 e. The van der Waals surface area contributed by atoms with Crippen molar-refractivity contribution in [2.24, 2.45) is 0 Å². The summed E-state index contributed by atoms with van der Waals surface area (Å²) in [6.07, 6.45) is 0.202. The molecule has 4 rings (SSSR count). The molecule has 3 aromatic rings. The van der Waals surface area contributed by atoms with Gasteiger partial charge in [0.2, 0.25) is 0 Å². The minimum atomic E-state index is -0.347. The van der Waals surface area contributed by atoms with Gasteiger partial charge in [-0.25, -0.2) is 0 Å². The summed E-state index contributed by atoms with van der Waals surface area (Å²) in [6, 6.07) is 24.7. The van der Waals surface area contributed by atoms with E-state index in [1.807, 2.05) is 60.7 Å². The van der Waals surface area contributed by atoms with E-state index < -0.39 is 0 Å². The molecule has 1 aliphatic heterocycles. The van der Waals surface area contributed by atoms with E-state index in [1.54, 1.807) is 18.2 Å². The number of carbonyl (C=O) groups is 2. The molecule has 0 atom stereocenters. The van der Waals surface area contributed by atoms with E-state index in [-0.39, 0.29) is 30.8 Å². The van der Waals surface area contributed by atoms with Gasteiger partial charge in [-0.2, -0.15) is 0 Å². The van der Waals surface area contributed by atoms with Crippen LogP contribution < -0.4 is 14.8 Å². The van der Waals surface area contributed by atoms with Gasteiger partial charge in [-0.05, 0) is 23.3 Å². The van der Waals surface area contributed by atoms with Crippen LogP contribution in [-0.4, -0.2) is 18.5 Å². The number of anilines is 1.